The van der Waals surface area contributed by atoms with E-state index in [2.05, 4.69) is 4.98 Å². The number of aryl methyl sites for hydroxylation is 1. The molecule has 1 saturated heterocycles. The number of esters is 1. The Hall–Kier alpha value is -1.91. The number of piperidine rings is 1. The molecule has 0 radical (unpaired) electrons. The predicted molar refractivity (Wildman–Crippen MR) is 73.9 cm³/mol. The number of aromatic nitrogens is 1. The molecule has 1 unspecified atom stereocenters. The second kappa shape index (κ2) is 7.03. The van der Waals surface area contributed by atoms with Gasteiger partial charge in [-0.15, -0.1) is 0 Å². The molecule has 1 aromatic heterocycles. The van der Waals surface area contributed by atoms with Gasteiger partial charge in [0.05, 0.1) is 13.0 Å². The lowest BCUT2D eigenvalue weighted by Crippen LogP contribution is -2.42. The zero-order valence-electron chi connectivity index (χ0n) is 11.7. The van der Waals surface area contributed by atoms with Gasteiger partial charge >= 0.3 is 5.97 Å². The minimum atomic E-state index is -0.213. The Labute approximate surface area is 118 Å². The Bertz CT molecular complexity index is 461. The van der Waals surface area contributed by atoms with Crippen molar-refractivity contribution in [2.75, 3.05) is 20.2 Å². The van der Waals surface area contributed by atoms with Crippen LogP contribution in [-0.2, 0) is 20.7 Å². The van der Waals surface area contributed by atoms with E-state index in [0.29, 0.717) is 19.4 Å². The molecular weight excluding hydrogens is 256 g/mol. The molecule has 1 aromatic rings. The molecule has 2 rings (SSSR count). The van der Waals surface area contributed by atoms with Gasteiger partial charge < -0.3 is 9.64 Å². The van der Waals surface area contributed by atoms with E-state index in [0.717, 1.165) is 24.9 Å². The van der Waals surface area contributed by atoms with Crippen LogP contribution in [0.3, 0.4) is 0 Å². The molecule has 5 nitrogen and oxygen atoms in total. The molecule has 5 heteroatoms. The molecule has 20 heavy (non-hydrogen) atoms. The van der Waals surface area contributed by atoms with Gasteiger partial charge in [0.1, 0.15) is 0 Å². The highest BCUT2D eigenvalue weighted by Crippen LogP contribution is 2.18. The molecule has 1 aliphatic rings. The lowest BCUT2D eigenvalue weighted by Gasteiger charge is -2.31. The highest BCUT2D eigenvalue weighted by atomic mass is 16.5. The zero-order valence-corrected chi connectivity index (χ0v) is 11.7. The predicted octanol–water partition coefficient (Wildman–Crippen LogP) is 1.43. The maximum absolute atomic E-state index is 12.2. The van der Waals surface area contributed by atoms with Crippen LogP contribution in [0.4, 0.5) is 0 Å². The summed E-state index contributed by atoms with van der Waals surface area (Å²) in [5.74, 6) is -0.284. The van der Waals surface area contributed by atoms with Gasteiger partial charge in [-0.25, -0.2) is 0 Å². The summed E-state index contributed by atoms with van der Waals surface area (Å²) < 4.78 is 4.76. The molecular formula is C15H20N2O3. The molecule has 1 fully saturated rings. The maximum Gasteiger partial charge on any atom is 0.310 e. The van der Waals surface area contributed by atoms with Crippen LogP contribution < -0.4 is 0 Å². The van der Waals surface area contributed by atoms with E-state index < -0.39 is 0 Å². The second-order valence-corrected chi connectivity index (χ2v) is 5.06. The fraction of sp³-hybridized carbons (Fsp3) is 0.533. The highest BCUT2D eigenvalue weighted by Gasteiger charge is 2.28. The first-order valence-electron chi connectivity index (χ1n) is 6.95. The number of likely N-dealkylation sites (tertiary alicyclic amines) is 1. The van der Waals surface area contributed by atoms with Crippen LogP contribution in [0.1, 0.15) is 24.8 Å². The molecule has 1 atom stereocenters. The van der Waals surface area contributed by atoms with Crippen molar-refractivity contribution in [1.82, 2.24) is 9.88 Å². The van der Waals surface area contributed by atoms with Crippen molar-refractivity contribution in [3.63, 3.8) is 0 Å². The summed E-state index contributed by atoms with van der Waals surface area (Å²) in [5, 5.41) is 0. The Morgan fingerprint density at radius 1 is 1.50 bits per heavy atom. The van der Waals surface area contributed by atoms with Gasteiger partial charge in [0, 0.05) is 31.9 Å². The summed E-state index contributed by atoms with van der Waals surface area (Å²) in [5.41, 5.74) is 1.06. The van der Waals surface area contributed by atoms with Crippen LogP contribution in [0, 0.1) is 5.92 Å². The fourth-order valence-electron chi connectivity index (χ4n) is 2.52. The number of amides is 1. The van der Waals surface area contributed by atoms with Crippen LogP contribution in [0.5, 0.6) is 0 Å². The Balaban J connectivity index is 1.84. The lowest BCUT2D eigenvalue weighted by molar-refractivity contribution is -0.149. The van der Waals surface area contributed by atoms with Crippen molar-refractivity contribution in [3.8, 4) is 0 Å². The van der Waals surface area contributed by atoms with E-state index in [9.17, 15) is 9.59 Å². The smallest absolute Gasteiger partial charge is 0.310 e. The summed E-state index contributed by atoms with van der Waals surface area (Å²) >= 11 is 0. The number of hydrogen-bond acceptors (Lipinski definition) is 4. The van der Waals surface area contributed by atoms with Gasteiger partial charge in [-0.1, -0.05) is 6.07 Å². The van der Waals surface area contributed by atoms with Gasteiger partial charge in [-0.05, 0) is 30.9 Å². The quantitative estimate of drug-likeness (QED) is 0.780. The number of rotatable bonds is 4. The van der Waals surface area contributed by atoms with Gasteiger partial charge in [0.25, 0.3) is 0 Å². The Morgan fingerprint density at radius 2 is 2.35 bits per heavy atom. The van der Waals surface area contributed by atoms with Crippen LogP contribution in [0.25, 0.3) is 0 Å². The van der Waals surface area contributed by atoms with E-state index in [1.165, 1.54) is 7.11 Å². The molecule has 0 bridgehead atoms. The van der Waals surface area contributed by atoms with Crippen LogP contribution in [-0.4, -0.2) is 42.0 Å². The first-order valence-corrected chi connectivity index (χ1v) is 6.95. The third-order valence-corrected chi connectivity index (χ3v) is 3.66. The monoisotopic (exact) mass is 276 g/mol. The van der Waals surface area contributed by atoms with E-state index >= 15 is 0 Å². The summed E-state index contributed by atoms with van der Waals surface area (Å²) in [4.78, 5) is 29.5. The number of carbonyl (C=O) groups excluding carboxylic acids is 2. The summed E-state index contributed by atoms with van der Waals surface area (Å²) in [6.07, 6.45) is 6.31. The molecule has 0 aromatic carbocycles. The molecule has 0 aliphatic carbocycles. The lowest BCUT2D eigenvalue weighted by atomic mass is 9.97. The van der Waals surface area contributed by atoms with Crippen molar-refractivity contribution in [2.45, 2.75) is 25.7 Å². The standard InChI is InChI=1S/C15H20N2O3/c1-20-15(19)13-5-3-9-17(11-13)14(18)7-6-12-4-2-8-16-10-12/h2,4,8,10,13H,3,5-7,9,11H2,1H3. The molecule has 0 N–H and O–H groups in total. The third kappa shape index (κ3) is 3.79. The Morgan fingerprint density at radius 3 is 3.05 bits per heavy atom. The third-order valence-electron chi connectivity index (χ3n) is 3.66. The van der Waals surface area contributed by atoms with Gasteiger partial charge in [0.15, 0.2) is 0 Å². The van der Waals surface area contributed by atoms with E-state index in [-0.39, 0.29) is 17.8 Å². The van der Waals surface area contributed by atoms with Gasteiger partial charge in [0.2, 0.25) is 5.91 Å². The zero-order chi connectivity index (χ0) is 14.4. The Kier molecular flexibility index (Phi) is 5.09. The maximum atomic E-state index is 12.2. The number of hydrogen-bond donors (Lipinski definition) is 0. The minimum Gasteiger partial charge on any atom is -0.469 e. The van der Waals surface area contributed by atoms with Crippen molar-refractivity contribution in [2.24, 2.45) is 5.92 Å². The minimum absolute atomic E-state index is 0.0995. The molecule has 108 valence electrons. The van der Waals surface area contributed by atoms with Gasteiger partial charge in [-0.2, -0.15) is 0 Å². The molecule has 1 aliphatic heterocycles. The molecule has 0 saturated carbocycles. The summed E-state index contributed by atoms with van der Waals surface area (Å²) in [6.45, 7) is 1.22. The van der Waals surface area contributed by atoms with Crippen molar-refractivity contribution >= 4 is 11.9 Å². The van der Waals surface area contributed by atoms with E-state index in [4.69, 9.17) is 4.74 Å². The van der Waals surface area contributed by atoms with Crippen LogP contribution in [0.15, 0.2) is 24.5 Å². The van der Waals surface area contributed by atoms with Gasteiger partial charge in [-0.3, -0.25) is 14.6 Å². The normalized spacial score (nSPS) is 18.6. The first-order chi connectivity index (χ1) is 9.70. The number of ether oxygens (including phenoxy) is 1. The highest BCUT2D eigenvalue weighted by molar-refractivity contribution is 5.78. The largest absolute Gasteiger partial charge is 0.469 e. The van der Waals surface area contributed by atoms with Crippen LogP contribution in [0.2, 0.25) is 0 Å². The SMILES string of the molecule is COC(=O)C1CCCN(C(=O)CCc2cccnc2)C1. The van der Waals surface area contributed by atoms with E-state index in [1.807, 2.05) is 12.1 Å². The van der Waals surface area contributed by atoms with Crippen molar-refractivity contribution < 1.29 is 14.3 Å². The molecule has 0 spiro atoms. The van der Waals surface area contributed by atoms with E-state index in [1.54, 1.807) is 17.3 Å². The average molecular weight is 276 g/mol. The summed E-state index contributed by atoms with van der Waals surface area (Å²) in [7, 11) is 1.39. The molecule has 1 amide bonds. The number of pyridine rings is 1. The van der Waals surface area contributed by atoms with Crippen molar-refractivity contribution in [3.05, 3.63) is 30.1 Å². The average Bonchev–Trinajstić information content (AvgIpc) is 2.53. The summed E-state index contributed by atoms with van der Waals surface area (Å²) in [6, 6.07) is 3.84. The number of carbonyl (C=O) groups is 2. The topological polar surface area (TPSA) is 59.5 Å². The van der Waals surface area contributed by atoms with Crippen LogP contribution >= 0.6 is 0 Å². The van der Waals surface area contributed by atoms with Crippen molar-refractivity contribution in [1.29, 1.82) is 0 Å². The second-order valence-electron chi connectivity index (χ2n) is 5.06. The molecule has 2 heterocycles. The number of nitrogens with zero attached hydrogens (tertiary/aromatic N) is 2. The number of methoxy groups -OCH3 is 1. The first kappa shape index (κ1) is 14.5. The fourth-order valence-corrected chi connectivity index (χ4v) is 2.52.